The first-order valence-corrected chi connectivity index (χ1v) is 3.69. The van der Waals surface area contributed by atoms with Gasteiger partial charge in [-0.2, -0.15) is 5.10 Å². The van der Waals surface area contributed by atoms with Gasteiger partial charge in [0.25, 0.3) is 11.9 Å². The largest absolute Gasteiger partial charge is 0.481 e. The monoisotopic (exact) mass is 220 g/mol. The first kappa shape index (κ1) is 18.6. The van der Waals surface area contributed by atoms with E-state index in [1.165, 1.54) is 6.21 Å². The van der Waals surface area contributed by atoms with Crippen molar-refractivity contribution in [3.05, 3.63) is 0 Å². The molecule has 0 aliphatic heterocycles. The fourth-order valence-corrected chi connectivity index (χ4v) is 0.124. The van der Waals surface area contributed by atoms with Gasteiger partial charge in [0.1, 0.15) is 0 Å². The Morgan fingerprint density at radius 3 is 1.47 bits per heavy atom. The number of hydrogen-bond donors (Lipinski definition) is 4. The summed E-state index contributed by atoms with van der Waals surface area (Å²) in [6.07, 6.45) is 1.50. The standard InChI is InChI=1S/C3H8N4.2C2H4O2/c1-2-6-7-3(4)5;2*1-2(3)4/h2H,1H3,(H4,4,5,7);2*1H3,(H,3,4)/b6-2+;;. The van der Waals surface area contributed by atoms with Crippen molar-refractivity contribution in [1.29, 1.82) is 0 Å². The van der Waals surface area contributed by atoms with Gasteiger partial charge in [-0.05, 0) is 6.92 Å². The summed E-state index contributed by atoms with van der Waals surface area (Å²) >= 11 is 0. The van der Waals surface area contributed by atoms with Crippen LogP contribution in [0.2, 0.25) is 0 Å². The van der Waals surface area contributed by atoms with Gasteiger partial charge in [-0.15, -0.1) is 5.10 Å². The van der Waals surface area contributed by atoms with Crippen molar-refractivity contribution in [1.82, 2.24) is 0 Å². The number of carboxylic acids is 2. The molecular formula is C7H16N4O4. The maximum Gasteiger partial charge on any atom is 0.300 e. The Bertz CT molecular complexity index is 213. The van der Waals surface area contributed by atoms with Crippen molar-refractivity contribution in [3.8, 4) is 0 Å². The van der Waals surface area contributed by atoms with E-state index < -0.39 is 11.9 Å². The zero-order chi connectivity index (χ0) is 12.9. The molecule has 0 heterocycles. The van der Waals surface area contributed by atoms with Gasteiger partial charge in [-0.3, -0.25) is 9.59 Å². The second-order valence-corrected chi connectivity index (χ2v) is 1.94. The molecule has 0 radical (unpaired) electrons. The smallest absolute Gasteiger partial charge is 0.300 e. The molecule has 0 fully saturated rings. The van der Waals surface area contributed by atoms with Gasteiger partial charge in [0.05, 0.1) is 0 Å². The molecule has 6 N–H and O–H groups in total. The molecule has 0 aliphatic carbocycles. The zero-order valence-electron chi connectivity index (χ0n) is 8.84. The summed E-state index contributed by atoms with van der Waals surface area (Å²) in [5.41, 5.74) is 9.78. The number of aliphatic carboxylic acids is 2. The second kappa shape index (κ2) is 14.4. The zero-order valence-corrected chi connectivity index (χ0v) is 8.84. The van der Waals surface area contributed by atoms with E-state index in [4.69, 9.17) is 31.3 Å². The van der Waals surface area contributed by atoms with Gasteiger partial charge in [-0.1, -0.05) is 0 Å². The molecule has 8 heteroatoms. The van der Waals surface area contributed by atoms with E-state index in [2.05, 4.69) is 10.2 Å². The Labute approximate surface area is 87.3 Å². The Morgan fingerprint density at radius 1 is 1.13 bits per heavy atom. The summed E-state index contributed by atoms with van der Waals surface area (Å²) in [5.74, 6) is -1.68. The SMILES string of the molecule is C/C=N/N=C(N)N.CC(=O)O.CC(=O)O. The maximum atomic E-state index is 9.00. The second-order valence-electron chi connectivity index (χ2n) is 1.94. The molecule has 0 unspecified atom stereocenters. The van der Waals surface area contributed by atoms with Gasteiger partial charge in [0.2, 0.25) is 5.96 Å². The minimum atomic E-state index is -0.833. The lowest BCUT2D eigenvalue weighted by Crippen LogP contribution is -2.21. The van der Waals surface area contributed by atoms with E-state index >= 15 is 0 Å². The van der Waals surface area contributed by atoms with E-state index in [-0.39, 0.29) is 5.96 Å². The molecule has 8 nitrogen and oxygen atoms in total. The van der Waals surface area contributed by atoms with Gasteiger partial charge in [-0.25, -0.2) is 0 Å². The highest BCUT2D eigenvalue weighted by molar-refractivity contribution is 5.76. The van der Waals surface area contributed by atoms with Crippen LogP contribution in [0.4, 0.5) is 0 Å². The van der Waals surface area contributed by atoms with E-state index in [1.807, 2.05) is 0 Å². The summed E-state index contributed by atoms with van der Waals surface area (Å²) in [5, 5.41) is 21.5. The van der Waals surface area contributed by atoms with Crippen LogP contribution in [0.5, 0.6) is 0 Å². The Kier molecular flexibility index (Phi) is 17.9. The van der Waals surface area contributed by atoms with Crippen LogP contribution in [0, 0.1) is 0 Å². The van der Waals surface area contributed by atoms with E-state index in [0.717, 1.165) is 13.8 Å². The summed E-state index contributed by atoms with van der Waals surface area (Å²) in [6.45, 7) is 3.90. The van der Waals surface area contributed by atoms with Crippen molar-refractivity contribution in [2.45, 2.75) is 20.8 Å². The third-order valence-corrected chi connectivity index (χ3v) is 0.289. The van der Waals surface area contributed by atoms with Crippen LogP contribution < -0.4 is 11.5 Å². The summed E-state index contributed by atoms with van der Waals surface area (Å²) in [7, 11) is 0. The van der Waals surface area contributed by atoms with Crippen LogP contribution in [0.25, 0.3) is 0 Å². The number of nitrogens with zero attached hydrogens (tertiary/aromatic N) is 2. The quantitative estimate of drug-likeness (QED) is 0.264. The molecule has 0 aliphatic rings. The molecule has 0 aromatic rings. The summed E-state index contributed by atoms with van der Waals surface area (Å²) < 4.78 is 0. The predicted octanol–water partition coefficient (Wildman–Crippen LogP) is -0.553. The third-order valence-electron chi connectivity index (χ3n) is 0.289. The molecule has 0 saturated heterocycles. The first-order valence-electron chi connectivity index (χ1n) is 3.69. The normalized spacial score (nSPS) is 7.67. The summed E-state index contributed by atoms with van der Waals surface area (Å²) in [6, 6.07) is 0. The van der Waals surface area contributed by atoms with E-state index in [0.29, 0.717) is 0 Å². The van der Waals surface area contributed by atoms with E-state index in [1.54, 1.807) is 6.92 Å². The number of carboxylic acid groups (broad SMARTS) is 2. The van der Waals surface area contributed by atoms with Crippen LogP contribution in [-0.4, -0.2) is 34.3 Å². The van der Waals surface area contributed by atoms with Crippen LogP contribution in [0.15, 0.2) is 10.2 Å². The van der Waals surface area contributed by atoms with Crippen LogP contribution >= 0.6 is 0 Å². The number of hydrogen-bond acceptors (Lipinski definition) is 4. The van der Waals surface area contributed by atoms with Crippen molar-refractivity contribution in [2.24, 2.45) is 21.7 Å². The maximum absolute atomic E-state index is 9.00. The van der Waals surface area contributed by atoms with Crippen LogP contribution in [0.1, 0.15) is 20.8 Å². The van der Waals surface area contributed by atoms with Crippen molar-refractivity contribution in [3.63, 3.8) is 0 Å². The Morgan fingerprint density at radius 2 is 1.40 bits per heavy atom. The van der Waals surface area contributed by atoms with Gasteiger partial charge in [0.15, 0.2) is 0 Å². The van der Waals surface area contributed by atoms with Crippen molar-refractivity contribution >= 4 is 24.1 Å². The summed E-state index contributed by atoms with van der Waals surface area (Å²) in [4.78, 5) is 18.0. The van der Waals surface area contributed by atoms with Crippen molar-refractivity contribution in [2.75, 3.05) is 0 Å². The van der Waals surface area contributed by atoms with Crippen LogP contribution in [-0.2, 0) is 9.59 Å². The molecule has 0 amide bonds. The molecule has 15 heavy (non-hydrogen) atoms. The molecule has 0 aromatic carbocycles. The average molecular weight is 220 g/mol. The number of carbonyl (C=O) groups is 2. The third kappa shape index (κ3) is 328. The van der Waals surface area contributed by atoms with Gasteiger partial charge >= 0.3 is 0 Å². The lowest BCUT2D eigenvalue weighted by Gasteiger charge is -1.79. The molecule has 0 atom stereocenters. The van der Waals surface area contributed by atoms with Gasteiger partial charge in [0, 0.05) is 20.1 Å². The van der Waals surface area contributed by atoms with Crippen molar-refractivity contribution < 1.29 is 19.8 Å². The number of guanidine groups is 1. The number of rotatable bonds is 1. The van der Waals surface area contributed by atoms with E-state index in [9.17, 15) is 0 Å². The van der Waals surface area contributed by atoms with Crippen LogP contribution in [0.3, 0.4) is 0 Å². The molecule has 0 spiro atoms. The molecule has 0 rings (SSSR count). The highest BCUT2D eigenvalue weighted by Crippen LogP contribution is 1.61. The molecular weight excluding hydrogens is 204 g/mol. The highest BCUT2D eigenvalue weighted by Gasteiger charge is 1.67. The molecule has 0 aromatic heterocycles. The first-order chi connectivity index (χ1) is 6.73. The topological polar surface area (TPSA) is 151 Å². The Hall–Kier alpha value is -2.12. The minimum absolute atomic E-state index is 0.0156. The predicted molar refractivity (Wildman–Crippen MR) is 56.6 cm³/mol. The fourth-order valence-electron chi connectivity index (χ4n) is 0.124. The Balaban J connectivity index is -0.000000155. The molecule has 0 bridgehead atoms. The van der Waals surface area contributed by atoms with Gasteiger partial charge < -0.3 is 21.7 Å². The molecule has 0 saturated carbocycles. The minimum Gasteiger partial charge on any atom is -0.481 e. The number of nitrogens with two attached hydrogens (primary N) is 2. The lowest BCUT2D eigenvalue weighted by molar-refractivity contribution is -0.135. The lowest BCUT2D eigenvalue weighted by atomic mass is 10.9. The fraction of sp³-hybridized carbons (Fsp3) is 0.429. The average Bonchev–Trinajstić information content (AvgIpc) is 1.98. The highest BCUT2D eigenvalue weighted by atomic mass is 16.4. The molecule has 88 valence electrons.